The van der Waals surface area contributed by atoms with E-state index in [0.29, 0.717) is 11.8 Å². The molecule has 1 N–H and O–H groups in total. The number of likely N-dealkylation sites (tertiary alicyclic amines) is 2. The van der Waals surface area contributed by atoms with Gasteiger partial charge < -0.3 is 20.0 Å². The van der Waals surface area contributed by atoms with Crippen LogP contribution in [0.25, 0.3) is 0 Å². The standard InChI is InChI=1S/C24H44N6O/c1-2-25-24(30-13-9-21(20-30)19-28-11-4-3-5-12-28)26-10-14-27-15-17-29(18-16-27)23(31)22-7-6-8-22/h21-22H,2-20H2,1H3,(H,25,26). The summed E-state index contributed by atoms with van der Waals surface area (Å²) in [4.78, 5) is 27.1. The number of guanidine groups is 1. The average Bonchev–Trinajstić information content (AvgIpc) is 3.21. The zero-order valence-electron chi connectivity index (χ0n) is 19.7. The van der Waals surface area contributed by atoms with E-state index in [1.165, 1.54) is 51.7 Å². The summed E-state index contributed by atoms with van der Waals surface area (Å²) in [6.07, 6.45) is 8.91. The Kier molecular flexibility index (Phi) is 8.48. The van der Waals surface area contributed by atoms with Crippen LogP contribution in [0.15, 0.2) is 4.99 Å². The topological polar surface area (TPSA) is 54.4 Å². The third-order valence-electron chi connectivity index (χ3n) is 7.70. The number of aliphatic imine (C=N–C) groups is 1. The van der Waals surface area contributed by atoms with Crippen LogP contribution < -0.4 is 5.32 Å². The molecule has 1 aliphatic carbocycles. The summed E-state index contributed by atoms with van der Waals surface area (Å²) in [7, 11) is 0. The first-order valence-electron chi connectivity index (χ1n) is 13.0. The van der Waals surface area contributed by atoms with Crippen LogP contribution in [0.1, 0.15) is 51.9 Å². The SMILES string of the molecule is CCNC(=NCCN1CCN(C(=O)C2CCC2)CC1)N1CCC(CN2CCCCC2)C1. The van der Waals surface area contributed by atoms with Crippen molar-refractivity contribution in [2.24, 2.45) is 16.8 Å². The number of rotatable bonds is 7. The summed E-state index contributed by atoms with van der Waals surface area (Å²) < 4.78 is 0. The maximum atomic E-state index is 12.4. The molecule has 31 heavy (non-hydrogen) atoms. The Morgan fingerprint density at radius 3 is 2.32 bits per heavy atom. The number of piperidine rings is 1. The van der Waals surface area contributed by atoms with Gasteiger partial charge in [-0.05, 0) is 58.0 Å². The van der Waals surface area contributed by atoms with Crippen molar-refractivity contribution >= 4 is 11.9 Å². The Bertz CT molecular complexity index is 593. The Balaban J connectivity index is 1.18. The van der Waals surface area contributed by atoms with E-state index in [9.17, 15) is 4.79 Å². The molecule has 4 aliphatic rings. The number of carbonyl (C=O) groups excluding carboxylic acids is 1. The summed E-state index contributed by atoms with van der Waals surface area (Å²) in [5.74, 6) is 2.62. The molecule has 176 valence electrons. The average molecular weight is 433 g/mol. The second kappa shape index (κ2) is 11.5. The number of nitrogens with one attached hydrogen (secondary N) is 1. The zero-order chi connectivity index (χ0) is 21.5. The van der Waals surface area contributed by atoms with Gasteiger partial charge in [0.2, 0.25) is 5.91 Å². The number of carbonyl (C=O) groups is 1. The van der Waals surface area contributed by atoms with Crippen molar-refractivity contribution < 1.29 is 4.79 Å². The van der Waals surface area contributed by atoms with Crippen molar-refractivity contribution in [1.82, 2.24) is 24.9 Å². The van der Waals surface area contributed by atoms with Crippen LogP contribution in [0.4, 0.5) is 0 Å². The lowest BCUT2D eigenvalue weighted by Crippen LogP contribution is -2.51. The molecule has 7 heteroatoms. The molecule has 1 atom stereocenters. The van der Waals surface area contributed by atoms with Gasteiger partial charge in [0.05, 0.1) is 6.54 Å². The van der Waals surface area contributed by atoms with Crippen molar-refractivity contribution in [3.05, 3.63) is 0 Å². The van der Waals surface area contributed by atoms with Gasteiger partial charge in [-0.15, -0.1) is 0 Å². The molecule has 1 saturated carbocycles. The zero-order valence-corrected chi connectivity index (χ0v) is 19.7. The second-order valence-electron chi connectivity index (χ2n) is 9.99. The number of nitrogens with zero attached hydrogens (tertiary/aromatic N) is 5. The fraction of sp³-hybridized carbons (Fsp3) is 0.917. The molecule has 3 saturated heterocycles. The van der Waals surface area contributed by atoms with E-state index in [0.717, 1.165) is 83.6 Å². The molecule has 0 radical (unpaired) electrons. The van der Waals surface area contributed by atoms with Crippen molar-refractivity contribution in [2.45, 2.75) is 51.9 Å². The van der Waals surface area contributed by atoms with E-state index >= 15 is 0 Å². The molecule has 3 aliphatic heterocycles. The quantitative estimate of drug-likeness (QED) is 0.490. The van der Waals surface area contributed by atoms with E-state index in [1.807, 2.05) is 0 Å². The summed E-state index contributed by atoms with van der Waals surface area (Å²) in [5, 5.41) is 3.52. The van der Waals surface area contributed by atoms with Crippen LogP contribution in [-0.2, 0) is 4.79 Å². The predicted molar refractivity (Wildman–Crippen MR) is 126 cm³/mol. The fourth-order valence-electron chi connectivity index (χ4n) is 5.51. The minimum absolute atomic E-state index is 0.332. The predicted octanol–water partition coefficient (Wildman–Crippen LogP) is 1.70. The molecule has 4 fully saturated rings. The minimum atomic E-state index is 0.332. The van der Waals surface area contributed by atoms with E-state index < -0.39 is 0 Å². The number of piperazine rings is 1. The van der Waals surface area contributed by atoms with Crippen molar-refractivity contribution in [1.29, 1.82) is 0 Å². The molecule has 0 aromatic rings. The number of hydrogen-bond donors (Lipinski definition) is 1. The van der Waals surface area contributed by atoms with E-state index in [1.54, 1.807) is 0 Å². The summed E-state index contributed by atoms with van der Waals surface area (Å²) in [6.45, 7) is 14.8. The van der Waals surface area contributed by atoms with Gasteiger partial charge >= 0.3 is 0 Å². The highest BCUT2D eigenvalue weighted by Gasteiger charge is 2.31. The van der Waals surface area contributed by atoms with Crippen LogP contribution in [0.2, 0.25) is 0 Å². The van der Waals surface area contributed by atoms with Gasteiger partial charge in [-0.2, -0.15) is 0 Å². The van der Waals surface area contributed by atoms with Crippen LogP contribution in [0.3, 0.4) is 0 Å². The first-order chi connectivity index (χ1) is 15.2. The van der Waals surface area contributed by atoms with Crippen LogP contribution in [0.5, 0.6) is 0 Å². The Morgan fingerprint density at radius 1 is 0.871 bits per heavy atom. The number of hydrogen-bond acceptors (Lipinski definition) is 4. The molecule has 1 amide bonds. The van der Waals surface area contributed by atoms with Crippen molar-refractivity contribution in [2.75, 3.05) is 78.5 Å². The van der Waals surface area contributed by atoms with Crippen LogP contribution in [-0.4, -0.2) is 110 Å². The van der Waals surface area contributed by atoms with Gasteiger partial charge in [0.1, 0.15) is 0 Å². The second-order valence-corrected chi connectivity index (χ2v) is 9.99. The summed E-state index contributed by atoms with van der Waals surface area (Å²) in [5.41, 5.74) is 0. The van der Waals surface area contributed by atoms with Gasteiger partial charge in [0.15, 0.2) is 5.96 Å². The van der Waals surface area contributed by atoms with Gasteiger partial charge in [0.25, 0.3) is 0 Å². The molecule has 0 aromatic heterocycles. The molecule has 0 aromatic carbocycles. The molecule has 4 rings (SSSR count). The molecular weight excluding hydrogens is 388 g/mol. The first-order valence-corrected chi connectivity index (χ1v) is 13.0. The van der Waals surface area contributed by atoms with Gasteiger partial charge in [0, 0.05) is 64.8 Å². The van der Waals surface area contributed by atoms with Crippen molar-refractivity contribution in [3.8, 4) is 0 Å². The third kappa shape index (κ3) is 6.35. The molecule has 7 nitrogen and oxygen atoms in total. The smallest absolute Gasteiger partial charge is 0.225 e. The minimum Gasteiger partial charge on any atom is -0.357 e. The Hall–Kier alpha value is -1.34. The Labute approximate surface area is 189 Å². The highest BCUT2D eigenvalue weighted by molar-refractivity contribution is 5.80. The normalized spacial score (nSPS) is 26.9. The summed E-state index contributed by atoms with van der Waals surface area (Å²) in [6, 6.07) is 0. The lowest BCUT2D eigenvalue weighted by Gasteiger charge is -2.38. The lowest BCUT2D eigenvalue weighted by atomic mass is 9.84. The van der Waals surface area contributed by atoms with Gasteiger partial charge in [-0.25, -0.2) is 0 Å². The largest absolute Gasteiger partial charge is 0.357 e. The lowest BCUT2D eigenvalue weighted by molar-refractivity contribution is -0.139. The third-order valence-corrected chi connectivity index (χ3v) is 7.70. The monoisotopic (exact) mass is 432 g/mol. The number of amides is 1. The maximum Gasteiger partial charge on any atom is 0.225 e. The van der Waals surface area contributed by atoms with Crippen LogP contribution >= 0.6 is 0 Å². The van der Waals surface area contributed by atoms with Crippen LogP contribution in [0, 0.1) is 11.8 Å². The van der Waals surface area contributed by atoms with Crippen molar-refractivity contribution in [3.63, 3.8) is 0 Å². The van der Waals surface area contributed by atoms with E-state index in [2.05, 4.69) is 31.8 Å². The van der Waals surface area contributed by atoms with Gasteiger partial charge in [-0.1, -0.05) is 12.8 Å². The van der Waals surface area contributed by atoms with E-state index in [-0.39, 0.29) is 0 Å². The molecule has 0 spiro atoms. The highest BCUT2D eigenvalue weighted by Crippen LogP contribution is 2.28. The molecule has 1 unspecified atom stereocenters. The van der Waals surface area contributed by atoms with E-state index in [4.69, 9.17) is 4.99 Å². The summed E-state index contributed by atoms with van der Waals surface area (Å²) >= 11 is 0. The molecule has 3 heterocycles. The maximum absolute atomic E-state index is 12.4. The fourth-order valence-corrected chi connectivity index (χ4v) is 5.51. The Morgan fingerprint density at radius 2 is 1.65 bits per heavy atom. The first kappa shape index (κ1) is 22.8. The molecular formula is C24H44N6O. The van der Waals surface area contributed by atoms with Gasteiger partial charge in [-0.3, -0.25) is 14.7 Å². The molecule has 0 bridgehead atoms. The highest BCUT2D eigenvalue weighted by atomic mass is 16.2.